The molecule has 1 N–H and O–H groups in total. The average molecular weight is 382 g/mol. The summed E-state index contributed by atoms with van der Waals surface area (Å²) in [6, 6.07) is 2.85. The van der Waals surface area contributed by atoms with E-state index in [0.717, 1.165) is 51.0 Å². The minimum Gasteiger partial charge on any atom is -0.473 e. The van der Waals surface area contributed by atoms with Gasteiger partial charge in [-0.1, -0.05) is 0 Å². The molecule has 4 nitrogen and oxygen atoms in total. The molecule has 0 amide bonds. The molecule has 148 valence electrons. The van der Waals surface area contributed by atoms with Crippen molar-refractivity contribution in [2.24, 2.45) is 17.8 Å². The second-order valence-corrected chi connectivity index (χ2v) is 9.09. The van der Waals surface area contributed by atoms with Crippen molar-refractivity contribution in [1.82, 2.24) is 9.88 Å². The van der Waals surface area contributed by atoms with Crippen molar-refractivity contribution in [2.75, 3.05) is 13.1 Å². The van der Waals surface area contributed by atoms with Crippen LogP contribution in [0.3, 0.4) is 0 Å². The molecule has 0 aromatic carbocycles. The molecule has 4 saturated carbocycles. The Kier molecular flexibility index (Phi) is 3.99. The van der Waals surface area contributed by atoms with E-state index in [0.29, 0.717) is 23.8 Å². The summed E-state index contributed by atoms with van der Waals surface area (Å²) in [5.41, 5.74) is -1.18. The van der Waals surface area contributed by atoms with E-state index in [1.54, 1.807) is 0 Å². The zero-order valence-electron chi connectivity index (χ0n) is 15.2. The number of rotatable bonds is 3. The molecule has 7 heteroatoms. The van der Waals surface area contributed by atoms with Gasteiger partial charge in [-0.3, -0.25) is 4.90 Å². The molecule has 5 aliphatic rings. The van der Waals surface area contributed by atoms with E-state index in [1.165, 1.54) is 18.9 Å². The maximum atomic E-state index is 12.6. The smallest absolute Gasteiger partial charge is 0.417 e. The summed E-state index contributed by atoms with van der Waals surface area (Å²) in [5, 5.41) is 10.8. The molecule has 1 aromatic rings. The average Bonchev–Trinajstić information content (AvgIpc) is 3.00. The molecule has 6 atom stereocenters. The van der Waals surface area contributed by atoms with E-state index in [9.17, 15) is 18.3 Å². The van der Waals surface area contributed by atoms with Crippen molar-refractivity contribution in [3.63, 3.8) is 0 Å². The molecule has 4 aliphatic carbocycles. The van der Waals surface area contributed by atoms with Gasteiger partial charge >= 0.3 is 6.18 Å². The molecule has 5 fully saturated rings. The van der Waals surface area contributed by atoms with Crippen LogP contribution >= 0.6 is 0 Å². The largest absolute Gasteiger partial charge is 0.473 e. The first kappa shape index (κ1) is 17.7. The predicted octanol–water partition coefficient (Wildman–Crippen LogP) is 3.49. The van der Waals surface area contributed by atoms with Crippen LogP contribution in [-0.2, 0) is 6.18 Å². The van der Waals surface area contributed by atoms with Crippen LogP contribution in [0.25, 0.3) is 0 Å². The molecule has 6 rings (SSSR count). The van der Waals surface area contributed by atoms with Crippen molar-refractivity contribution in [3.8, 4) is 5.88 Å². The number of likely N-dealkylation sites (tertiary alicyclic amines) is 1. The van der Waals surface area contributed by atoms with E-state index >= 15 is 0 Å². The summed E-state index contributed by atoms with van der Waals surface area (Å²) < 4.78 is 43.8. The fraction of sp³-hybridized carbons (Fsp3) is 0.750. The molecule has 2 heterocycles. The van der Waals surface area contributed by atoms with Gasteiger partial charge in [-0.2, -0.15) is 13.2 Å². The summed E-state index contributed by atoms with van der Waals surface area (Å²) >= 11 is 0. The first-order valence-corrected chi connectivity index (χ1v) is 9.95. The number of nitrogens with zero attached hydrogens (tertiary/aromatic N) is 2. The van der Waals surface area contributed by atoms with Crippen LogP contribution in [0.4, 0.5) is 13.2 Å². The van der Waals surface area contributed by atoms with E-state index < -0.39 is 17.3 Å². The minimum absolute atomic E-state index is 0.0329. The van der Waals surface area contributed by atoms with Crippen LogP contribution in [0.2, 0.25) is 0 Å². The molecule has 1 aliphatic heterocycles. The zero-order chi connectivity index (χ0) is 18.8. The predicted molar refractivity (Wildman–Crippen MR) is 92.1 cm³/mol. The van der Waals surface area contributed by atoms with Gasteiger partial charge in [-0.05, 0) is 62.3 Å². The maximum Gasteiger partial charge on any atom is 0.417 e. The van der Waals surface area contributed by atoms with E-state index in [2.05, 4.69) is 9.88 Å². The van der Waals surface area contributed by atoms with E-state index in [4.69, 9.17) is 4.74 Å². The van der Waals surface area contributed by atoms with Gasteiger partial charge in [0.1, 0.15) is 6.10 Å². The quantitative estimate of drug-likeness (QED) is 0.869. The fourth-order valence-electron chi connectivity index (χ4n) is 6.46. The molecule has 1 aromatic heterocycles. The van der Waals surface area contributed by atoms with Crippen LogP contribution in [0.1, 0.15) is 44.1 Å². The Hall–Kier alpha value is -1.34. The Labute approximate surface area is 156 Å². The highest BCUT2D eigenvalue weighted by Gasteiger charge is 2.56. The highest BCUT2D eigenvalue weighted by Crippen LogP contribution is 2.57. The summed E-state index contributed by atoms with van der Waals surface area (Å²) in [6.45, 7) is 1.75. The molecular weight excluding hydrogens is 357 g/mol. The van der Waals surface area contributed by atoms with Gasteiger partial charge in [-0.25, -0.2) is 4.98 Å². The molecule has 4 bridgehead atoms. The molecular formula is C20H25F3N2O2. The van der Waals surface area contributed by atoms with Crippen LogP contribution < -0.4 is 4.74 Å². The number of ether oxygens (including phenoxy) is 1. The molecule has 27 heavy (non-hydrogen) atoms. The first-order chi connectivity index (χ1) is 12.8. The zero-order valence-corrected chi connectivity index (χ0v) is 15.2. The number of aliphatic hydroxyl groups is 1. The molecule has 1 saturated heterocycles. The van der Waals surface area contributed by atoms with E-state index in [1.807, 2.05) is 0 Å². The highest BCUT2D eigenvalue weighted by atomic mass is 19.4. The Balaban J connectivity index is 1.22. The second-order valence-electron chi connectivity index (χ2n) is 9.09. The van der Waals surface area contributed by atoms with Crippen molar-refractivity contribution >= 4 is 0 Å². The number of alkyl halides is 3. The second kappa shape index (κ2) is 6.08. The Morgan fingerprint density at radius 1 is 1.15 bits per heavy atom. The van der Waals surface area contributed by atoms with Crippen LogP contribution in [0.5, 0.6) is 5.88 Å². The van der Waals surface area contributed by atoms with Gasteiger partial charge in [0.05, 0.1) is 11.2 Å². The van der Waals surface area contributed by atoms with Crippen LogP contribution in [0, 0.1) is 17.8 Å². The van der Waals surface area contributed by atoms with Gasteiger partial charge in [0.15, 0.2) is 0 Å². The fourth-order valence-corrected chi connectivity index (χ4v) is 6.46. The third-order valence-electron chi connectivity index (χ3n) is 7.14. The molecule has 4 unspecified atom stereocenters. The number of pyridine rings is 1. The van der Waals surface area contributed by atoms with Gasteiger partial charge < -0.3 is 9.84 Å². The van der Waals surface area contributed by atoms with E-state index in [-0.39, 0.29) is 12.0 Å². The Morgan fingerprint density at radius 3 is 2.48 bits per heavy atom. The standard InChI is InChI=1S/C20H25F3N2O2/c21-20(22,23)15-1-2-17(24-10-15)27-16-3-4-25(11-16)18-13-5-12-6-14(18)9-19(26,7-12)8-13/h1-2,10,12-14,16,18,26H,3-9,11H2/t12?,13-,14?,16+,18?,19?/m0/s1. The summed E-state index contributed by atoms with van der Waals surface area (Å²) in [7, 11) is 0. The summed E-state index contributed by atoms with van der Waals surface area (Å²) in [5.74, 6) is 2.09. The lowest BCUT2D eigenvalue weighted by molar-refractivity contribution is -0.158. The lowest BCUT2D eigenvalue weighted by Gasteiger charge is -2.60. The highest BCUT2D eigenvalue weighted by molar-refractivity contribution is 5.20. The first-order valence-electron chi connectivity index (χ1n) is 9.95. The lowest BCUT2D eigenvalue weighted by atomic mass is 9.52. The Morgan fingerprint density at radius 2 is 1.89 bits per heavy atom. The number of hydrogen-bond donors (Lipinski definition) is 1. The van der Waals surface area contributed by atoms with Gasteiger partial charge in [0.25, 0.3) is 0 Å². The third-order valence-corrected chi connectivity index (χ3v) is 7.14. The van der Waals surface area contributed by atoms with Crippen molar-refractivity contribution in [3.05, 3.63) is 23.9 Å². The van der Waals surface area contributed by atoms with Crippen molar-refractivity contribution < 1.29 is 23.0 Å². The maximum absolute atomic E-state index is 12.6. The minimum atomic E-state index is -4.38. The van der Waals surface area contributed by atoms with Gasteiger partial charge in [-0.15, -0.1) is 0 Å². The summed E-state index contributed by atoms with van der Waals surface area (Å²) in [6.07, 6.45) is 2.58. The van der Waals surface area contributed by atoms with Gasteiger partial charge in [0.2, 0.25) is 5.88 Å². The number of hydrogen-bond acceptors (Lipinski definition) is 4. The lowest BCUT2D eigenvalue weighted by Crippen LogP contribution is -2.61. The Bertz CT molecular complexity index is 692. The van der Waals surface area contributed by atoms with Crippen molar-refractivity contribution in [2.45, 2.75) is 62.4 Å². The third kappa shape index (κ3) is 3.23. The van der Waals surface area contributed by atoms with Crippen LogP contribution in [0.15, 0.2) is 18.3 Å². The SMILES string of the molecule is OC12CC3CC(C1)C(N1CC[C@@H](Oc4ccc(C(F)(F)F)cn4)C1)[C@@H](C3)C2. The normalized spacial score (nSPS) is 41.3. The number of halogens is 3. The molecule has 0 spiro atoms. The number of aromatic nitrogens is 1. The van der Waals surface area contributed by atoms with Crippen LogP contribution in [-0.4, -0.2) is 45.8 Å². The monoisotopic (exact) mass is 382 g/mol. The van der Waals surface area contributed by atoms with Gasteiger partial charge in [0, 0.05) is 31.4 Å². The molecule has 0 radical (unpaired) electrons. The van der Waals surface area contributed by atoms with Crippen molar-refractivity contribution in [1.29, 1.82) is 0 Å². The topological polar surface area (TPSA) is 45.6 Å². The summed E-state index contributed by atoms with van der Waals surface area (Å²) in [4.78, 5) is 6.34.